The van der Waals surface area contributed by atoms with E-state index >= 15 is 0 Å². The summed E-state index contributed by atoms with van der Waals surface area (Å²) in [6.45, 7) is 4.23. The molecule has 2 rings (SSSR count). The largest absolute Gasteiger partial charge is 0.292 e. The standard InChI is InChI=1S/C10H14N2/c1-7-4-5-9-8(2)11-12(3)10(9)6-7/h4-6,9-10H,1-3H3. The van der Waals surface area contributed by atoms with Crippen molar-refractivity contribution in [1.29, 1.82) is 0 Å². The van der Waals surface area contributed by atoms with E-state index in [-0.39, 0.29) is 0 Å². The van der Waals surface area contributed by atoms with Crippen LogP contribution in [-0.2, 0) is 0 Å². The minimum Gasteiger partial charge on any atom is -0.292 e. The van der Waals surface area contributed by atoms with Crippen molar-refractivity contribution in [2.45, 2.75) is 19.9 Å². The highest BCUT2D eigenvalue weighted by Crippen LogP contribution is 2.27. The molecule has 2 atom stereocenters. The van der Waals surface area contributed by atoms with E-state index in [1.807, 2.05) is 12.1 Å². The maximum atomic E-state index is 4.42. The molecule has 64 valence electrons. The zero-order valence-corrected chi connectivity index (χ0v) is 7.78. The van der Waals surface area contributed by atoms with E-state index in [9.17, 15) is 0 Å². The summed E-state index contributed by atoms with van der Waals surface area (Å²) in [5.74, 6) is 0.513. The summed E-state index contributed by atoms with van der Waals surface area (Å²) in [5.41, 5.74) is 2.57. The molecule has 12 heavy (non-hydrogen) atoms. The highest BCUT2D eigenvalue weighted by molar-refractivity contribution is 5.88. The highest BCUT2D eigenvalue weighted by Gasteiger charge is 2.30. The second kappa shape index (κ2) is 2.47. The third-order valence-electron chi connectivity index (χ3n) is 2.60. The molecule has 2 heteroatoms. The Kier molecular flexibility index (Phi) is 1.56. The molecule has 0 saturated heterocycles. The maximum Gasteiger partial charge on any atom is 0.0768 e. The number of rotatable bonds is 0. The zero-order valence-electron chi connectivity index (χ0n) is 7.78. The minimum absolute atomic E-state index is 0.468. The van der Waals surface area contributed by atoms with Crippen LogP contribution in [0.15, 0.2) is 28.9 Å². The van der Waals surface area contributed by atoms with Crippen LogP contribution in [-0.4, -0.2) is 23.8 Å². The van der Waals surface area contributed by atoms with Gasteiger partial charge in [-0.15, -0.1) is 0 Å². The van der Waals surface area contributed by atoms with E-state index in [4.69, 9.17) is 0 Å². The van der Waals surface area contributed by atoms with E-state index in [0.717, 1.165) is 0 Å². The third kappa shape index (κ3) is 0.986. The average molecular weight is 162 g/mol. The Labute approximate surface area is 73.3 Å². The van der Waals surface area contributed by atoms with Gasteiger partial charge < -0.3 is 0 Å². The molecule has 0 aromatic carbocycles. The lowest BCUT2D eigenvalue weighted by atomic mass is 9.90. The van der Waals surface area contributed by atoms with Crippen LogP contribution < -0.4 is 0 Å². The van der Waals surface area contributed by atoms with Gasteiger partial charge in [-0.2, -0.15) is 5.10 Å². The second-order valence-electron chi connectivity index (χ2n) is 3.60. The van der Waals surface area contributed by atoms with Gasteiger partial charge in [0.05, 0.1) is 6.04 Å². The lowest BCUT2D eigenvalue weighted by Gasteiger charge is -2.23. The second-order valence-corrected chi connectivity index (χ2v) is 3.60. The Bertz CT molecular complexity index is 286. The van der Waals surface area contributed by atoms with Gasteiger partial charge in [0.25, 0.3) is 0 Å². The van der Waals surface area contributed by atoms with Gasteiger partial charge in [0.2, 0.25) is 0 Å². The quantitative estimate of drug-likeness (QED) is 0.530. The van der Waals surface area contributed by atoms with E-state index in [0.29, 0.717) is 12.0 Å². The molecule has 0 amide bonds. The summed E-state index contributed by atoms with van der Waals surface area (Å²) in [4.78, 5) is 0. The Balaban J connectivity index is 2.31. The predicted octanol–water partition coefficient (Wildman–Crippen LogP) is 1.81. The molecule has 0 saturated carbocycles. The number of hydrazone groups is 1. The smallest absolute Gasteiger partial charge is 0.0768 e. The van der Waals surface area contributed by atoms with Crippen LogP contribution in [0.2, 0.25) is 0 Å². The molecule has 0 N–H and O–H groups in total. The highest BCUT2D eigenvalue weighted by atomic mass is 15.5. The van der Waals surface area contributed by atoms with Gasteiger partial charge in [-0.3, -0.25) is 5.01 Å². The molecule has 2 unspecified atom stereocenters. The molecule has 1 aliphatic carbocycles. The van der Waals surface area contributed by atoms with Crippen LogP contribution in [0.3, 0.4) is 0 Å². The molecule has 2 nitrogen and oxygen atoms in total. The number of likely N-dealkylation sites (N-methyl/N-ethyl adjacent to an activating group) is 1. The lowest BCUT2D eigenvalue weighted by molar-refractivity contribution is 0.306. The van der Waals surface area contributed by atoms with Crippen molar-refractivity contribution < 1.29 is 0 Å². The fraction of sp³-hybridized carbons (Fsp3) is 0.500. The van der Waals surface area contributed by atoms with Gasteiger partial charge in [-0.1, -0.05) is 23.8 Å². The summed E-state index contributed by atoms with van der Waals surface area (Å²) < 4.78 is 0. The van der Waals surface area contributed by atoms with Gasteiger partial charge in [-0.05, 0) is 13.8 Å². The van der Waals surface area contributed by atoms with E-state index < -0.39 is 0 Å². The van der Waals surface area contributed by atoms with Crippen LogP contribution in [0.1, 0.15) is 13.8 Å². The first-order valence-electron chi connectivity index (χ1n) is 4.33. The Morgan fingerprint density at radius 3 is 2.92 bits per heavy atom. The minimum atomic E-state index is 0.468. The van der Waals surface area contributed by atoms with Crippen LogP contribution in [0, 0.1) is 5.92 Å². The number of hydrogen-bond donors (Lipinski definition) is 0. The monoisotopic (exact) mass is 162 g/mol. The molecule has 0 bridgehead atoms. The first kappa shape index (κ1) is 7.59. The fourth-order valence-corrected chi connectivity index (χ4v) is 1.91. The van der Waals surface area contributed by atoms with Crippen molar-refractivity contribution in [2.75, 3.05) is 7.05 Å². The number of nitrogens with zero attached hydrogens (tertiary/aromatic N) is 2. The van der Waals surface area contributed by atoms with Crippen LogP contribution in [0.25, 0.3) is 0 Å². The fourth-order valence-electron chi connectivity index (χ4n) is 1.91. The van der Waals surface area contributed by atoms with Crippen LogP contribution in [0.5, 0.6) is 0 Å². The van der Waals surface area contributed by atoms with Gasteiger partial charge >= 0.3 is 0 Å². The first-order chi connectivity index (χ1) is 5.68. The molecule has 1 heterocycles. The van der Waals surface area contributed by atoms with E-state index in [1.54, 1.807) is 0 Å². The van der Waals surface area contributed by atoms with Gasteiger partial charge in [0.15, 0.2) is 0 Å². The van der Waals surface area contributed by atoms with Crippen molar-refractivity contribution in [3.05, 3.63) is 23.8 Å². The molecule has 0 aromatic heterocycles. The SMILES string of the molecule is CC1=CC2C(C=C1)C(C)=NN2C. The van der Waals surface area contributed by atoms with E-state index in [2.05, 4.69) is 37.2 Å². The normalized spacial score (nSPS) is 33.1. The topological polar surface area (TPSA) is 15.6 Å². The Hall–Kier alpha value is -1.05. The molecule has 1 aliphatic heterocycles. The third-order valence-corrected chi connectivity index (χ3v) is 2.60. The number of hydrogen-bond acceptors (Lipinski definition) is 2. The molecule has 0 spiro atoms. The molecular weight excluding hydrogens is 148 g/mol. The molecule has 0 fully saturated rings. The predicted molar refractivity (Wildman–Crippen MR) is 51.0 cm³/mol. The van der Waals surface area contributed by atoms with Crippen molar-refractivity contribution in [1.82, 2.24) is 5.01 Å². The van der Waals surface area contributed by atoms with Crippen molar-refractivity contribution >= 4 is 5.71 Å². The first-order valence-corrected chi connectivity index (χ1v) is 4.33. The molecular formula is C10H14N2. The summed E-state index contributed by atoms with van der Waals surface area (Å²) in [6, 6.07) is 0.468. The molecule has 2 aliphatic rings. The zero-order chi connectivity index (χ0) is 8.72. The summed E-state index contributed by atoms with van der Waals surface area (Å²) in [7, 11) is 2.04. The van der Waals surface area contributed by atoms with Crippen LogP contribution >= 0.6 is 0 Å². The molecule has 0 radical (unpaired) electrons. The van der Waals surface area contributed by atoms with Gasteiger partial charge in [-0.25, -0.2) is 0 Å². The molecule has 0 aromatic rings. The van der Waals surface area contributed by atoms with Gasteiger partial charge in [0, 0.05) is 18.7 Å². The Morgan fingerprint density at radius 1 is 1.42 bits per heavy atom. The summed E-state index contributed by atoms with van der Waals surface area (Å²) in [5, 5.41) is 6.47. The van der Waals surface area contributed by atoms with Gasteiger partial charge in [0.1, 0.15) is 0 Å². The Morgan fingerprint density at radius 2 is 2.17 bits per heavy atom. The average Bonchev–Trinajstić information content (AvgIpc) is 2.28. The lowest BCUT2D eigenvalue weighted by Crippen LogP contribution is -2.29. The summed E-state index contributed by atoms with van der Waals surface area (Å²) >= 11 is 0. The summed E-state index contributed by atoms with van der Waals surface area (Å²) in [6.07, 6.45) is 6.71. The number of allylic oxidation sites excluding steroid dienone is 2. The maximum absolute atomic E-state index is 4.42. The number of fused-ring (bicyclic) bond motifs is 1. The van der Waals surface area contributed by atoms with Crippen LogP contribution in [0.4, 0.5) is 0 Å². The van der Waals surface area contributed by atoms with E-state index in [1.165, 1.54) is 11.3 Å². The van der Waals surface area contributed by atoms with Crippen molar-refractivity contribution in [2.24, 2.45) is 11.0 Å². The van der Waals surface area contributed by atoms with Crippen molar-refractivity contribution in [3.8, 4) is 0 Å². The van der Waals surface area contributed by atoms with Crippen molar-refractivity contribution in [3.63, 3.8) is 0 Å².